The Hall–Kier alpha value is -2.89. The third kappa shape index (κ3) is 5.81. The topological polar surface area (TPSA) is 71.5 Å². The molecule has 0 spiro atoms. The average Bonchev–Trinajstić information content (AvgIpc) is 3.20. The lowest BCUT2D eigenvalue weighted by Crippen LogP contribution is -2.30. The molecule has 1 N–H and O–H groups in total. The van der Waals surface area contributed by atoms with E-state index in [9.17, 15) is 9.59 Å². The van der Waals surface area contributed by atoms with Crippen molar-refractivity contribution in [3.63, 3.8) is 0 Å². The number of carbonyl (C=O) groups excluding carboxylic acids is 2. The molecule has 1 aromatic heterocycles. The Bertz CT molecular complexity index is 795. The van der Waals surface area contributed by atoms with Crippen molar-refractivity contribution in [2.45, 2.75) is 32.2 Å². The first-order chi connectivity index (χ1) is 13.6. The number of likely N-dealkylation sites (tertiary alicyclic amines) is 1. The lowest BCUT2D eigenvalue weighted by atomic mass is 10.0. The second-order valence-corrected chi connectivity index (χ2v) is 7.18. The minimum atomic E-state index is 0.0347. The summed E-state index contributed by atoms with van der Waals surface area (Å²) in [6, 6.07) is 11.6. The predicted molar refractivity (Wildman–Crippen MR) is 107 cm³/mol. The summed E-state index contributed by atoms with van der Waals surface area (Å²) in [6.45, 7) is 1.91. The molecule has 2 aromatic rings. The quantitative estimate of drug-likeness (QED) is 0.763. The minimum Gasteiger partial charge on any atom is -0.497 e. The third-order valence-electron chi connectivity index (χ3n) is 5.11. The maximum atomic E-state index is 12.5. The summed E-state index contributed by atoms with van der Waals surface area (Å²) in [7, 11) is 1.64. The smallest absolute Gasteiger partial charge is 0.222 e. The number of rotatable bonds is 8. The molecule has 6 nitrogen and oxygen atoms in total. The maximum absolute atomic E-state index is 12.5. The van der Waals surface area contributed by atoms with Gasteiger partial charge in [0.25, 0.3) is 0 Å². The predicted octanol–water partition coefficient (Wildman–Crippen LogP) is 2.58. The van der Waals surface area contributed by atoms with E-state index in [1.807, 2.05) is 41.3 Å². The number of ether oxygens (including phenoxy) is 1. The molecular weight excluding hydrogens is 354 g/mol. The molecule has 3 rings (SSSR count). The van der Waals surface area contributed by atoms with E-state index in [2.05, 4.69) is 10.3 Å². The van der Waals surface area contributed by atoms with Crippen LogP contribution in [-0.4, -0.2) is 41.9 Å². The molecule has 1 unspecified atom stereocenters. The lowest BCUT2D eigenvalue weighted by molar-refractivity contribution is -0.130. The molecule has 0 bridgehead atoms. The van der Waals surface area contributed by atoms with Gasteiger partial charge in [0.1, 0.15) is 5.75 Å². The fraction of sp³-hybridized carbons (Fsp3) is 0.409. The summed E-state index contributed by atoms with van der Waals surface area (Å²) in [4.78, 5) is 30.5. The molecule has 1 fully saturated rings. The monoisotopic (exact) mass is 381 g/mol. The number of nitrogens with one attached hydrogen (secondary N) is 1. The molecule has 2 heterocycles. The number of amides is 2. The number of aryl methyl sites for hydroxylation is 1. The summed E-state index contributed by atoms with van der Waals surface area (Å²) in [5.41, 5.74) is 2.13. The van der Waals surface area contributed by atoms with Crippen molar-refractivity contribution in [2.75, 3.05) is 20.2 Å². The normalized spacial score (nSPS) is 16.0. The van der Waals surface area contributed by atoms with Crippen LogP contribution in [0.3, 0.4) is 0 Å². The van der Waals surface area contributed by atoms with Gasteiger partial charge in [-0.1, -0.05) is 12.1 Å². The number of carbonyl (C=O) groups is 2. The Morgan fingerprint density at radius 3 is 2.82 bits per heavy atom. The van der Waals surface area contributed by atoms with Crippen LogP contribution >= 0.6 is 0 Å². The molecule has 1 aromatic carbocycles. The molecule has 0 aliphatic carbocycles. The highest BCUT2D eigenvalue weighted by molar-refractivity contribution is 5.78. The first-order valence-corrected chi connectivity index (χ1v) is 9.70. The van der Waals surface area contributed by atoms with Crippen molar-refractivity contribution in [3.8, 4) is 5.75 Å². The van der Waals surface area contributed by atoms with E-state index in [0.717, 1.165) is 29.8 Å². The first-order valence-electron chi connectivity index (χ1n) is 9.70. The molecule has 1 aliphatic rings. The van der Waals surface area contributed by atoms with Gasteiger partial charge in [0, 0.05) is 44.9 Å². The Balaban J connectivity index is 1.39. The lowest BCUT2D eigenvalue weighted by Gasteiger charge is -2.16. The van der Waals surface area contributed by atoms with Crippen LogP contribution in [0.2, 0.25) is 0 Å². The molecule has 2 amide bonds. The highest BCUT2D eigenvalue weighted by Crippen LogP contribution is 2.21. The van der Waals surface area contributed by atoms with E-state index < -0.39 is 0 Å². The van der Waals surface area contributed by atoms with E-state index in [1.165, 1.54) is 0 Å². The SMILES string of the molecule is COc1cccc(CCC(=O)N2CCC(CC(=O)NCc3ccncc3)C2)c1. The number of methoxy groups -OCH3 is 1. The van der Waals surface area contributed by atoms with Gasteiger partial charge < -0.3 is 15.0 Å². The van der Waals surface area contributed by atoms with Gasteiger partial charge in [-0.2, -0.15) is 0 Å². The zero-order valence-electron chi connectivity index (χ0n) is 16.3. The molecule has 148 valence electrons. The van der Waals surface area contributed by atoms with Gasteiger partial charge in [0.2, 0.25) is 11.8 Å². The summed E-state index contributed by atoms with van der Waals surface area (Å²) in [6.07, 6.45) is 5.96. The highest BCUT2D eigenvalue weighted by Gasteiger charge is 2.27. The van der Waals surface area contributed by atoms with E-state index in [1.54, 1.807) is 19.5 Å². The third-order valence-corrected chi connectivity index (χ3v) is 5.11. The number of hydrogen-bond donors (Lipinski definition) is 1. The fourth-order valence-electron chi connectivity index (χ4n) is 3.50. The second-order valence-electron chi connectivity index (χ2n) is 7.18. The standard InChI is InChI=1S/C22H27N3O3/c1-28-20-4-2-3-17(13-20)5-6-22(27)25-12-9-19(16-25)14-21(26)24-15-18-7-10-23-11-8-18/h2-4,7-8,10-11,13,19H,5-6,9,12,14-16H2,1H3,(H,24,26). The maximum Gasteiger partial charge on any atom is 0.222 e. The number of nitrogens with zero attached hydrogens (tertiary/aromatic N) is 2. The second kappa shape index (κ2) is 9.88. The van der Waals surface area contributed by atoms with E-state index >= 15 is 0 Å². The molecule has 0 radical (unpaired) electrons. The van der Waals surface area contributed by atoms with Gasteiger partial charge in [-0.3, -0.25) is 14.6 Å². The van der Waals surface area contributed by atoms with Gasteiger partial charge in [-0.25, -0.2) is 0 Å². The largest absolute Gasteiger partial charge is 0.497 e. The summed E-state index contributed by atoms with van der Waals surface area (Å²) in [5.74, 6) is 1.23. The van der Waals surface area contributed by atoms with Crippen LogP contribution < -0.4 is 10.1 Å². The zero-order chi connectivity index (χ0) is 19.8. The van der Waals surface area contributed by atoms with Crippen LogP contribution in [-0.2, 0) is 22.6 Å². The van der Waals surface area contributed by atoms with Crippen molar-refractivity contribution in [1.29, 1.82) is 0 Å². The number of pyridine rings is 1. The number of benzene rings is 1. The Labute approximate surface area is 165 Å². The number of aromatic nitrogens is 1. The fourth-order valence-corrected chi connectivity index (χ4v) is 3.50. The van der Waals surface area contributed by atoms with Crippen molar-refractivity contribution in [3.05, 3.63) is 59.9 Å². The van der Waals surface area contributed by atoms with Crippen molar-refractivity contribution in [2.24, 2.45) is 5.92 Å². The Morgan fingerprint density at radius 1 is 1.21 bits per heavy atom. The molecule has 0 saturated carbocycles. The molecule has 1 aliphatic heterocycles. The van der Waals surface area contributed by atoms with Gasteiger partial charge in [0.15, 0.2) is 0 Å². The van der Waals surface area contributed by atoms with Gasteiger partial charge >= 0.3 is 0 Å². The molecule has 6 heteroatoms. The van der Waals surface area contributed by atoms with Gasteiger partial charge in [-0.15, -0.1) is 0 Å². The zero-order valence-corrected chi connectivity index (χ0v) is 16.3. The Morgan fingerprint density at radius 2 is 2.04 bits per heavy atom. The summed E-state index contributed by atoms with van der Waals surface area (Å²) >= 11 is 0. The van der Waals surface area contributed by atoms with Crippen LogP contribution in [0.5, 0.6) is 5.75 Å². The minimum absolute atomic E-state index is 0.0347. The van der Waals surface area contributed by atoms with Crippen LogP contribution in [0, 0.1) is 5.92 Å². The molecule has 1 atom stereocenters. The van der Waals surface area contributed by atoms with Crippen molar-refractivity contribution in [1.82, 2.24) is 15.2 Å². The molecular formula is C22H27N3O3. The van der Waals surface area contributed by atoms with E-state index in [4.69, 9.17) is 4.74 Å². The van der Waals surface area contributed by atoms with Crippen molar-refractivity contribution >= 4 is 11.8 Å². The average molecular weight is 381 g/mol. The molecule has 1 saturated heterocycles. The van der Waals surface area contributed by atoms with E-state index in [0.29, 0.717) is 32.4 Å². The molecule has 28 heavy (non-hydrogen) atoms. The van der Waals surface area contributed by atoms with Crippen LogP contribution in [0.1, 0.15) is 30.4 Å². The van der Waals surface area contributed by atoms with Crippen LogP contribution in [0.15, 0.2) is 48.8 Å². The highest BCUT2D eigenvalue weighted by atomic mass is 16.5. The van der Waals surface area contributed by atoms with Gasteiger partial charge in [-0.05, 0) is 54.2 Å². The van der Waals surface area contributed by atoms with E-state index in [-0.39, 0.29) is 17.7 Å². The van der Waals surface area contributed by atoms with Gasteiger partial charge in [0.05, 0.1) is 7.11 Å². The summed E-state index contributed by atoms with van der Waals surface area (Å²) in [5, 5.41) is 2.95. The van der Waals surface area contributed by atoms with Crippen LogP contribution in [0.4, 0.5) is 0 Å². The van der Waals surface area contributed by atoms with Crippen molar-refractivity contribution < 1.29 is 14.3 Å². The summed E-state index contributed by atoms with van der Waals surface area (Å²) < 4.78 is 5.22. The van der Waals surface area contributed by atoms with Crippen LogP contribution in [0.25, 0.3) is 0 Å². The number of hydrogen-bond acceptors (Lipinski definition) is 4. The first kappa shape index (κ1) is 19.9. The Kier molecular flexibility index (Phi) is 7.00.